The van der Waals surface area contributed by atoms with Gasteiger partial charge in [-0.2, -0.15) is 0 Å². The molecule has 0 aliphatic heterocycles. The average Bonchev–Trinajstić information content (AvgIpc) is 2.69. The minimum absolute atomic E-state index is 0.0121. The van der Waals surface area contributed by atoms with Crippen molar-refractivity contribution in [2.45, 2.75) is 31.8 Å². The molecule has 1 aromatic rings. The van der Waals surface area contributed by atoms with Crippen molar-refractivity contribution in [3.63, 3.8) is 0 Å². The largest absolute Gasteiger partial charge is 0.466 e. The fourth-order valence-electron chi connectivity index (χ4n) is 1.63. The fourth-order valence-corrected chi connectivity index (χ4v) is 2.11. The molecule has 1 rings (SSSR count). The van der Waals surface area contributed by atoms with E-state index in [2.05, 4.69) is 28.2 Å². The van der Waals surface area contributed by atoms with Gasteiger partial charge in [0.1, 0.15) is 5.76 Å². The Hall–Kier alpha value is -0.360. The molecule has 0 aliphatic rings. The Bertz CT molecular complexity index is 304. The molecule has 92 valence electrons. The predicted molar refractivity (Wildman–Crippen MR) is 67.1 cm³/mol. The number of aliphatic hydroxyl groups excluding tert-OH is 1. The zero-order valence-electron chi connectivity index (χ0n) is 9.45. The molecule has 5 heteroatoms. The summed E-state index contributed by atoms with van der Waals surface area (Å²) in [6.07, 6.45) is 3.36. The minimum atomic E-state index is 0.0121. The molecule has 0 radical (unpaired) electrons. The van der Waals surface area contributed by atoms with Gasteiger partial charge in [-0.25, -0.2) is 0 Å². The van der Waals surface area contributed by atoms with Gasteiger partial charge in [0.05, 0.1) is 16.8 Å². The van der Waals surface area contributed by atoms with Gasteiger partial charge in [0.15, 0.2) is 0 Å². The van der Waals surface area contributed by atoms with Crippen LogP contribution in [-0.4, -0.2) is 24.3 Å². The predicted octanol–water partition coefficient (Wildman–Crippen LogP) is 1.79. The Labute approximate surface area is 104 Å². The molecule has 0 saturated carbocycles. The van der Waals surface area contributed by atoms with E-state index in [1.165, 1.54) is 0 Å². The fraction of sp³-hybridized carbons (Fsp3) is 0.636. The summed E-state index contributed by atoms with van der Waals surface area (Å²) >= 11 is 3.42. The lowest BCUT2D eigenvalue weighted by Crippen LogP contribution is -2.35. The minimum Gasteiger partial charge on any atom is -0.466 e. The lowest BCUT2D eigenvalue weighted by molar-refractivity contribution is 0.271. The molecule has 16 heavy (non-hydrogen) atoms. The molecular weight excluding hydrogens is 272 g/mol. The molecule has 2 atom stereocenters. The van der Waals surface area contributed by atoms with Crippen molar-refractivity contribution in [1.82, 2.24) is 5.32 Å². The zero-order chi connectivity index (χ0) is 12.0. The number of aliphatic hydroxyl groups is 1. The van der Waals surface area contributed by atoms with E-state index in [-0.39, 0.29) is 12.6 Å². The van der Waals surface area contributed by atoms with Gasteiger partial charge in [-0.1, -0.05) is 0 Å². The van der Waals surface area contributed by atoms with Crippen LogP contribution in [-0.2, 0) is 0 Å². The van der Waals surface area contributed by atoms with Crippen LogP contribution in [0, 0.1) is 0 Å². The third-order valence-electron chi connectivity index (χ3n) is 2.48. The Morgan fingerprint density at radius 3 is 2.88 bits per heavy atom. The van der Waals surface area contributed by atoms with E-state index in [9.17, 15) is 0 Å². The smallest absolute Gasteiger partial charge is 0.136 e. The van der Waals surface area contributed by atoms with Crippen LogP contribution in [0.5, 0.6) is 0 Å². The lowest BCUT2D eigenvalue weighted by atomic mass is 10.1. The van der Waals surface area contributed by atoms with Crippen LogP contribution in [0.1, 0.15) is 31.6 Å². The Kier molecular flexibility index (Phi) is 6.05. The molecule has 0 fully saturated rings. The molecule has 1 aromatic heterocycles. The van der Waals surface area contributed by atoms with Gasteiger partial charge in [-0.05, 0) is 41.8 Å². The first kappa shape index (κ1) is 13.7. The number of halogens is 1. The molecule has 0 aliphatic carbocycles. The highest BCUT2D eigenvalue weighted by molar-refractivity contribution is 9.10. The Morgan fingerprint density at radius 1 is 1.62 bits per heavy atom. The average molecular weight is 291 g/mol. The zero-order valence-corrected chi connectivity index (χ0v) is 11.0. The summed E-state index contributed by atoms with van der Waals surface area (Å²) in [5.74, 6) is 0.832. The van der Waals surface area contributed by atoms with Crippen LogP contribution < -0.4 is 11.1 Å². The normalized spacial score (nSPS) is 15.0. The van der Waals surface area contributed by atoms with Crippen molar-refractivity contribution in [1.29, 1.82) is 0 Å². The van der Waals surface area contributed by atoms with E-state index in [4.69, 9.17) is 15.3 Å². The maximum atomic E-state index is 8.76. The topological polar surface area (TPSA) is 71.4 Å². The van der Waals surface area contributed by atoms with Gasteiger partial charge in [0.25, 0.3) is 0 Å². The van der Waals surface area contributed by atoms with E-state index in [0.717, 1.165) is 23.1 Å². The van der Waals surface area contributed by atoms with Crippen molar-refractivity contribution in [2.75, 3.05) is 13.2 Å². The first-order valence-corrected chi connectivity index (χ1v) is 6.28. The number of nitrogens with one attached hydrogen (secondary N) is 1. The maximum Gasteiger partial charge on any atom is 0.136 e. The van der Waals surface area contributed by atoms with Crippen LogP contribution in [0.3, 0.4) is 0 Å². The van der Waals surface area contributed by atoms with Crippen LogP contribution in [0.2, 0.25) is 0 Å². The number of hydrogen-bond donors (Lipinski definition) is 3. The maximum absolute atomic E-state index is 8.76. The first-order valence-electron chi connectivity index (χ1n) is 5.49. The van der Waals surface area contributed by atoms with Gasteiger partial charge in [0.2, 0.25) is 0 Å². The molecule has 1 heterocycles. The van der Waals surface area contributed by atoms with Crippen molar-refractivity contribution < 1.29 is 9.52 Å². The van der Waals surface area contributed by atoms with Crippen molar-refractivity contribution in [3.05, 3.63) is 22.6 Å². The molecule has 0 bridgehead atoms. The highest BCUT2D eigenvalue weighted by Crippen LogP contribution is 2.24. The van der Waals surface area contributed by atoms with Gasteiger partial charge in [-0.15, -0.1) is 0 Å². The standard InChI is InChI=1S/C11H19BrN2O2/c1-8(3-2-5-15)14-10(7-13)11-9(12)4-6-16-11/h4,6,8,10,14-15H,2-3,5,7,13H2,1H3. The second-order valence-corrected chi connectivity index (χ2v) is 4.71. The first-order chi connectivity index (χ1) is 7.69. The number of hydrogen-bond acceptors (Lipinski definition) is 4. The third kappa shape index (κ3) is 3.90. The number of rotatable bonds is 7. The van der Waals surface area contributed by atoms with E-state index in [0.29, 0.717) is 12.6 Å². The summed E-state index contributed by atoms with van der Waals surface area (Å²) in [7, 11) is 0. The second kappa shape index (κ2) is 7.06. The summed E-state index contributed by atoms with van der Waals surface area (Å²) in [4.78, 5) is 0. The summed E-state index contributed by atoms with van der Waals surface area (Å²) < 4.78 is 6.32. The number of nitrogens with two attached hydrogens (primary N) is 1. The Morgan fingerprint density at radius 2 is 2.38 bits per heavy atom. The van der Waals surface area contributed by atoms with Gasteiger partial charge < -0.3 is 20.6 Å². The van der Waals surface area contributed by atoms with E-state index in [1.807, 2.05) is 6.07 Å². The molecule has 0 aromatic carbocycles. The third-order valence-corrected chi connectivity index (χ3v) is 3.13. The van der Waals surface area contributed by atoms with Gasteiger partial charge in [-0.3, -0.25) is 0 Å². The molecule has 2 unspecified atom stereocenters. The van der Waals surface area contributed by atoms with Crippen molar-refractivity contribution in [2.24, 2.45) is 5.73 Å². The summed E-state index contributed by atoms with van der Waals surface area (Å²) in [6.45, 7) is 2.79. The van der Waals surface area contributed by atoms with E-state index < -0.39 is 0 Å². The van der Waals surface area contributed by atoms with Gasteiger partial charge >= 0.3 is 0 Å². The van der Waals surface area contributed by atoms with Crippen LogP contribution >= 0.6 is 15.9 Å². The quantitative estimate of drug-likeness (QED) is 0.716. The highest BCUT2D eigenvalue weighted by Gasteiger charge is 2.18. The number of furan rings is 1. The van der Waals surface area contributed by atoms with E-state index in [1.54, 1.807) is 6.26 Å². The van der Waals surface area contributed by atoms with Crippen LogP contribution in [0.15, 0.2) is 21.2 Å². The summed E-state index contributed by atoms with van der Waals surface area (Å²) in [5, 5.41) is 12.1. The van der Waals surface area contributed by atoms with E-state index >= 15 is 0 Å². The molecule has 0 spiro atoms. The monoisotopic (exact) mass is 290 g/mol. The molecule has 4 nitrogen and oxygen atoms in total. The Balaban J connectivity index is 2.52. The lowest BCUT2D eigenvalue weighted by Gasteiger charge is -2.20. The second-order valence-electron chi connectivity index (χ2n) is 3.85. The molecule has 0 saturated heterocycles. The SMILES string of the molecule is CC(CCCO)NC(CN)c1occc1Br. The highest BCUT2D eigenvalue weighted by atomic mass is 79.9. The van der Waals surface area contributed by atoms with Gasteiger partial charge in [0, 0.05) is 19.2 Å². The molecule has 0 amide bonds. The van der Waals surface area contributed by atoms with Crippen molar-refractivity contribution in [3.8, 4) is 0 Å². The summed E-state index contributed by atoms with van der Waals surface area (Å²) in [6, 6.07) is 2.17. The van der Waals surface area contributed by atoms with Crippen LogP contribution in [0.4, 0.5) is 0 Å². The molecular formula is C11H19BrN2O2. The summed E-state index contributed by atoms with van der Waals surface area (Å²) in [5.41, 5.74) is 5.72. The van der Waals surface area contributed by atoms with Crippen LogP contribution in [0.25, 0.3) is 0 Å². The van der Waals surface area contributed by atoms with Crippen molar-refractivity contribution >= 4 is 15.9 Å². The molecule has 4 N–H and O–H groups in total.